The van der Waals surface area contributed by atoms with Crippen LogP contribution in [-0.2, 0) is 0 Å². The normalized spacial score (nSPS) is 21.8. The molecule has 1 aromatic heterocycles. The van der Waals surface area contributed by atoms with Gasteiger partial charge in [0.2, 0.25) is 0 Å². The predicted octanol–water partition coefficient (Wildman–Crippen LogP) is 2.41. The van der Waals surface area contributed by atoms with Gasteiger partial charge in [-0.15, -0.1) is 0 Å². The number of carbonyl (C=O) groups is 1. The number of H-pyrrole nitrogens is 1. The lowest BCUT2D eigenvalue weighted by Crippen LogP contribution is -2.32. The molecule has 1 fully saturated rings. The van der Waals surface area contributed by atoms with Gasteiger partial charge in [-0.05, 0) is 42.7 Å². The molecule has 3 rings (SSSR count). The number of β-amino-alcohol motifs (C(OH)–C–C–N with tert-alkyl or cyclic N) is 1. The number of aromatic nitrogens is 1. The number of likely N-dealkylation sites (tertiary alicyclic amines) is 1. The quantitative estimate of drug-likeness (QED) is 0.891. The molecule has 0 spiro atoms. The number of halogens is 1. The summed E-state index contributed by atoms with van der Waals surface area (Å²) in [5.74, 6) is -0.499. The molecule has 0 aliphatic carbocycles. The number of benzene rings is 1. The predicted molar refractivity (Wildman–Crippen MR) is 76.3 cm³/mol. The van der Waals surface area contributed by atoms with Crippen LogP contribution >= 0.6 is 0 Å². The number of aromatic amines is 1. The molecular weight excluding hydrogens is 271 g/mol. The molecule has 1 saturated heterocycles. The molecule has 0 unspecified atom stereocenters. The van der Waals surface area contributed by atoms with Crippen LogP contribution in [0.1, 0.15) is 34.1 Å². The Morgan fingerprint density at radius 3 is 2.90 bits per heavy atom. The smallest absolute Gasteiger partial charge is 0.271 e. The van der Waals surface area contributed by atoms with Crippen molar-refractivity contribution in [2.75, 3.05) is 6.54 Å². The van der Waals surface area contributed by atoms with Gasteiger partial charge in [-0.25, -0.2) is 4.39 Å². The first-order chi connectivity index (χ1) is 10.1. The van der Waals surface area contributed by atoms with Crippen molar-refractivity contribution in [2.45, 2.75) is 25.5 Å². The van der Waals surface area contributed by atoms with Gasteiger partial charge in [-0.1, -0.05) is 12.1 Å². The largest absolute Gasteiger partial charge is 0.391 e. The molecule has 110 valence electrons. The Balaban J connectivity index is 1.93. The first kappa shape index (κ1) is 13.8. The fraction of sp³-hybridized carbons (Fsp3) is 0.312. The number of hydrogen-bond acceptors (Lipinski definition) is 2. The summed E-state index contributed by atoms with van der Waals surface area (Å²) in [4.78, 5) is 17.2. The fourth-order valence-corrected chi connectivity index (χ4v) is 2.89. The fourth-order valence-electron chi connectivity index (χ4n) is 2.89. The molecule has 1 aromatic carbocycles. The summed E-state index contributed by atoms with van der Waals surface area (Å²) in [5, 5.41) is 9.92. The number of nitrogens with one attached hydrogen (secondary N) is 1. The number of rotatable bonds is 2. The molecule has 2 N–H and O–H groups in total. The van der Waals surface area contributed by atoms with E-state index >= 15 is 0 Å². The lowest BCUT2D eigenvalue weighted by molar-refractivity contribution is 0.0709. The summed E-state index contributed by atoms with van der Waals surface area (Å²) in [6.45, 7) is 2.12. The van der Waals surface area contributed by atoms with Crippen molar-refractivity contribution in [1.29, 1.82) is 0 Å². The van der Waals surface area contributed by atoms with E-state index in [-0.39, 0.29) is 24.3 Å². The van der Waals surface area contributed by atoms with Crippen molar-refractivity contribution in [1.82, 2.24) is 9.88 Å². The summed E-state index contributed by atoms with van der Waals surface area (Å²) in [6, 6.07) is 7.73. The molecule has 0 bridgehead atoms. The lowest BCUT2D eigenvalue weighted by Gasteiger charge is -2.24. The van der Waals surface area contributed by atoms with Gasteiger partial charge in [0, 0.05) is 12.7 Å². The maximum atomic E-state index is 13.4. The number of amides is 1. The van der Waals surface area contributed by atoms with Crippen LogP contribution in [0.3, 0.4) is 0 Å². The zero-order valence-corrected chi connectivity index (χ0v) is 11.7. The van der Waals surface area contributed by atoms with Gasteiger partial charge in [-0.2, -0.15) is 0 Å². The molecule has 2 atom stereocenters. The molecule has 21 heavy (non-hydrogen) atoms. The van der Waals surface area contributed by atoms with Crippen LogP contribution in [-0.4, -0.2) is 33.5 Å². The first-order valence-corrected chi connectivity index (χ1v) is 6.94. The second-order valence-electron chi connectivity index (χ2n) is 5.45. The second-order valence-corrected chi connectivity index (χ2v) is 5.45. The van der Waals surface area contributed by atoms with Crippen molar-refractivity contribution >= 4 is 5.91 Å². The van der Waals surface area contributed by atoms with E-state index in [0.29, 0.717) is 17.7 Å². The van der Waals surface area contributed by atoms with Crippen LogP contribution in [0.25, 0.3) is 0 Å². The van der Waals surface area contributed by atoms with Crippen molar-refractivity contribution in [3.05, 3.63) is 59.2 Å². The van der Waals surface area contributed by atoms with E-state index in [1.165, 1.54) is 12.1 Å². The standard InChI is InChI=1S/C16H17FN2O2/c1-10-5-6-18-15(10)16(21)19-9-13(20)8-14(19)11-3-2-4-12(17)7-11/h2-7,13-14,18,20H,8-9H2,1H3/t13-,14+/m0/s1. The summed E-state index contributed by atoms with van der Waals surface area (Å²) in [5.41, 5.74) is 2.09. The van der Waals surface area contributed by atoms with E-state index in [2.05, 4.69) is 4.98 Å². The van der Waals surface area contributed by atoms with E-state index in [1.807, 2.05) is 13.0 Å². The SMILES string of the molecule is Cc1cc[nH]c1C(=O)N1C[C@@H](O)C[C@@H]1c1cccc(F)c1. The Morgan fingerprint density at radius 1 is 1.43 bits per heavy atom. The Morgan fingerprint density at radius 2 is 2.24 bits per heavy atom. The van der Waals surface area contributed by atoms with Gasteiger partial charge >= 0.3 is 0 Å². The minimum absolute atomic E-state index is 0.164. The number of aryl methyl sites for hydroxylation is 1. The molecule has 0 saturated carbocycles. The highest BCUT2D eigenvalue weighted by Crippen LogP contribution is 2.33. The van der Waals surface area contributed by atoms with Crippen LogP contribution in [0.15, 0.2) is 36.5 Å². The molecule has 5 heteroatoms. The van der Waals surface area contributed by atoms with E-state index in [9.17, 15) is 14.3 Å². The molecule has 0 radical (unpaired) electrons. The van der Waals surface area contributed by atoms with E-state index in [0.717, 1.165) is 5.56 Å². The zero-order chi connectivity index (χ0) is 15.0. The molecule has 4 nitrogen and oxygen atoms in total. The van der Waals surface area contributed by atoms with Gasteiger partial charge in [0.15, 0.2) is 0 Å². The summed E-state index contributed by atoms with van der Waals surface area (Å²) in [6.07, 6.45) is 1.55. The molecule has 1 amide bonds. The maximum absolute atomic E-state index is 13.4. The number of carbonyl (C=O) groups excluding carboxylic acids is 1. The van der Waals surface area contributed by atoms with E-state index < -0.39 is 6.10 Å². The van der Waals surface area contributed by atoms with Crippen LogP contribution in [0.2, 0.25) is 0 Å². The summed E-state index contributed by atoms with van der Waals surface area (Å²) < 4.78 is 13.4. The highest BCUT2D eigenvalue weighted by molar-refractivity contribution is 5.94. The minimum atomic E-state index is -0.586. The minimum Gasteiger partial charge on any atom is -0.391 e. The van der Waals surface area contributed by atoms with Gasteiger partial charge < -0.3 is 15.0 Å². The summed E-state index contributed by atoms with van der Waals surface area (Å²) >= 11 is 0. The Kier molecular flexibility index (Phi) is 3.51. The lowest BCUT2D eigenvalue weighted by atomic mass is 10.0. The topological polar surface area (TPSA) is 56.3 Å². The maximum Gasteiger partial charge on any atom is 0.271 e. The van der Waals surface area contributed by atoms with Gasteiger partial charge in [0.25, 0.3) is 5.91 Å². The first-order valence-electron chi connectivity index (χ1n) is 6.94. The number of aliphatic hydroxyl groups excluding tert-OH is 1. The highest BCUT2D eigenvalue weighted by Gasteiger charge is 2.36. The average molecular weight is 288 g/mol. The highest BCUT2D eigenvalue weighted by atomic mass is 19.1. The van der Waals surface area contributed by atoms with Gasteiger partial charge in [0.1, 0.15) is 11.5 Å². The third kappa shape index (κ3) is 2.56. The van der Waals surface area contributed by atoms with Gasteiger partial charge in [0.05, 0.1) is 12.1 Å². The number of nitrogens with zero attached hydrogens (tertiary/aromatic N) is 1. The van der Waals surface area contributed by atoms with Crippen molar-refractivity contribution < 1.29 is 14.3 Å². The van der Waals surface area contributed by atoms with Crippen molar-refractivity contribution in [3.8, 4) is 0 Å². The molecule has 2 aromatic rings. The van der Waals surface area contributed by atoms with E-state index in [4.69, 9.17) is 0 Å². The van der Waals surface area contributed by atoms with Gasteiger partial charge in [-0.3, -0.25) is 4.79 Å². The van der Waals surface area contributed by atoms with Crippen LogP contribution in [0, 0.1) is 12.7 Å². The number of aliphatic hydroxyl groups is 1. The van der Waals surface area contributed by atoms with Crippen LogP contribution < -0.4 is 0 Å². The van der Waals surface area contributed by atoms with Crippen LogP contribution in [0.5, 0.6) is 0 Å². The average Bonchev–Trinajstić information content (AvgIpc) is 3.04. The molecular formula is C16H17FN2O2. The zero-order valence-electron chi connectivity index (χ0n) is 11.7. The van der Waals surface area contributed by atoms with E-state index in [1.54, 1.807) is 23.2 Å². The third-order valence-electron chi connectivity index (χ3n) is 3.94. The van der Waals surface area contributed by atoms with Crippen molar-refractivity contribution in [3.63, 3.8) is 0 Å². The Labute approximate surface area is 122 Å². The van der Waals surface area contributed by atoms with Crippen LogP contribution in [0.4, 0.5) is 4.39 Å². The molecule has 2 heterocycles. The Bertz CT molecular complexity index is 668. The third-order valence-corrected chi connectivity index (χ3v) is 3.94. The monoisotopic (exact) mass is 288 g/mol. The molecule has 1 aliphatic heterocycles. The summed E-state index contributed by atoms with van der Waals surface area (Å²) in [7, 11) is 0. The Hall–Kier alpha value is -2.14. The number of hydrogen-bond donors (Lipinski definition) is 2. The van der Waals surface area contributed by atoms with Crippen molar-refractivity contribution in [2.24, 2.45) is 0 Å². The molecule has 1 aliphatic rings. The second kappa shape index (κ2) is 5.33.